The Hall–Kier alpha value is -4.18. The Bertz CT molecular complexity index is 1530. The van der Waals surface area contributed by atoms with Gasteiger partial charge in [-0.05, 0) is 54.8 Å². The van der Waals surface area contributed by atoms with E-state index in [1.807, 2.05) is 19.1 Å². The number of nitrogens with two attached hydrogens (primary N) is 1. The molecule has 0 fully saturated rings. The first-order valence-corrected chi connectivity index (χ1v) is 13.8. The van der Waals surface area contributed by atoms with E-state index < -0.39 is 23.1 Å². The normalized spacial score (nSPS) is 15.0. The Labute approximate surface area is 236 Å². The average molecular weight is 565 g/mol. The number of hydrogen-bond donors (Lipinski definition) is 1. The lowest BCUT2D eigenvalue weighted by Gasteiger charge is -2.23. The highest BCUT2D eigenvalue weighted by Crippen LogP contribution is 2.40. The largest absolute Gasteiger partial charge is 0.497 e. The molecule has 0 amide bonds. The number of fused-ring (bicyclic) bond motifs is 1. The number of thioether (sulfide) groups is 1. The quantitative estimate of drug-likeness (QED) is 0.291. The van der Waals surface area contributed by atoms with Crippen molar-refractivity contribution < 1.29 is 33.3 Å². The molecular weight excluding hydrogens is 532 g/mol. The van der Waals surface area contributed by atoms with Gasteiger partial charge in [0, 0.05) is 5.22 Å². The number of aromatic nitrogens is 1. The number of ether oxygens (including phenoxy) is 4. The van der Waals surface area contributed by atoms with Crippen molar-refractivity contribution in [2.45, 2.75) is 31.9 Å². The van der Waals surface area contributed by atoms with E-state index in [1.54, 1.807) is 63.6 Å². The van der Waals surface area contributed by atoms with Crippen LogP contribution >= 0.6 is 11.8 Å². The van der Waals surface area contributed by atoms with Gasteiger partial charge in [-0.1, -0.05) is 49.4 Å². The predicted octanol–water partition coefficient (Wildman–Crippen LogP) is 3.67. The topological polar surface area (TPSA) is 119 Å². The van der Waals surface area contributed by atoms with E-state index in [9.17, 15) is 14.4 Å². The van der Waals surface area contributed by atoms with Crippen LogP contribution in [0.3, 0.4) is 0 Å². The molecule has 2 heterocycles. The van der Waals surface area contributed by atoms with Crippen LogP contribution < -0.4 is 25.8 Å². The lowest BCUT2D eigenvalue weighted by atomic mass is 10.1. The molecule has 210 valence electrons. The standard InChI is InChI=1S/C30H32N2O7S/c1-5-7-16-39-29(34)25-23(31)22(17-18-8-12-20(36-3)13-9-18)24-27(30(35)38-6-2)40-26(28(33)32(24)25)19-10-14-21(37-4)15-11-19/h8-15,17,26H,5-7,16,31H2,1-4H3/b22-17+/t26-/m0/s1. The molecule has 0 bridgehead atoms. The summed E-state index contributed by atoms with van der Waals surface area (Å²) in [7, 11) is 3.12. The summed E-state index contributed by atoms with van der Waals surface area (Å²) in [5, 5.41) is -0.292. The monoisotopic (exact) mass is 564 g/mol. The van der Waals surface area contributed by atoms with Gasteiger partial charge in [0.15, 0.2) is 5.69 Å². The van der Waals surface area contributed by atoms with E-state index in [2.05, 4.69) is 0 Å². The van der Waals surface area contributed by atoms with Gasteiger partial charge in [0.1, 0.15) is 21.7 Å². The summed E-state index contributed by atoms with van der Waals surface area (Å²) in [6.45, 7) is 3.98. The number of nitrogen functional groups attached to an aromatic ring is 1. The van der Waals surface area contributed by atoms with Gasteiger partial charge >= 0.3 is 11.9 Å². The molecule has 0 aliphatic carbocycles. The number of nitrogens with zero attached hydrogens (tertiary/aromatic N) is 1. The number of carbonyl (C=O) groups excluding carboxylic acids is 3. The van der Waals surface area contributed by atoms with E-state index in [1.165, 1.54) is 4.57 Å². The maximum absolute atomic E-state index is 14.1. The number of benzene rings is 2. The summed E-state index contributed by atoms with van der Waals surface area (Å²) in [5.74, 6) is -0.502. The van der Waals surface area contributed by atoms with Gasteiger partial charge in [-0.25, -0.2) is 9.59 Å². The van der Waals surface area contributed by atoms with Gasteiger partial charge < -0.3 is 24.7 Å². The zero-order chi connectivity index (χ0) is 28.8. The van der Waals surface area contributed by atoms with Crippen LogP contribution in [0.25, 0.3) is 11.0 Å². The summed E-state index contributed by atoms with van der Waals surface area (Å²) in [6.07, 6.45) is 3.20. The Balaban J connectivity index is 2.01. The highest BCUT2D eigenvalue weighted by Gasteiger charge is 2.38. The van der Waals surface area contributed by atoms with Crippen LogP contribution in [0.4, 0.5) is 5.69 Å². The summed E-state index contributed by atoms with van der Waals surface area (Å²) >= 11 is 1.07. The summed E-state index contributed by atoms with van der Waals surface area (Å²) in [5.41, 5.74) is 7.87. The number of unbranched alkanes of at least 4 members (excludes halogenated alkanes) is 1. The van der Waals surface area contributed by atoms with Crippen molar-refractivity contribution in [1.29, 1.82) is 0 Å². The van der Waals surface area contributed by atoms with E-state index in [-0.39, 0.29) is 34.8 Å². The van der Waals surface area contributed by atoms with Crippen LogP contribution in [0.2, 0.25) is 0 Å². The Kier molecular flexibility index (Phi) is 9.21. The van der Waals surface area contributed by atoms with E-state index in [0.717, 1.165) is 23.7 Å². The smallest absolute Gasteiger partial charge is 0.357 e. The van der Waals surface area contributed by atoms with Crippen molar-refractivity contribution in [2.24, 2.45) is 0 Å². The fourth-order valence-corrected chi connectivity index (χ4v) is 5.52. The number of anilines is 1. The van der Waals surface area contributed by atoms with Gasteiger partial charge in [0.2, 0.25) is 5.91 Å². The third-order valence-electron chi connectivity index (χ3n) is 6.37. The highest BCUT2D eigenvalue weighted by molar-refractivity contribution is 8.10. The van der Waals surface area contributed by atoms with Crippen LogP contribution in [-0.2, 0) is 14.3 Å². The Morgan fingerprint density at radius 3 is 2.15 bits per heavy atom. The second-order valence-electron chi connectivity index (χ2n) is 8.93. The van der Waals surface area contributed by atoms with Crippen molar-refractivity contribution in [1.82, 2.24) is 4.57 Å². The van der Waals surface area contributed by atoms with Crippen LogP contribution in [0.1, 0.15) is 58.3 Å². The maximum Gasteiger partial charge on any atom is 0.357 e. The van der Waals surface area contributed by atoms with Crippen LogP contribution in [0, 0.1) is 0 Å². The first-order chi connectivity index (χ1) is 19.3. The molecule has 1 aliphatic heterocycles. The van der Waals surface area contributed by atoms with Gasteiger partial charge in [0.05, 0.1) is 38.5 Å². The molecule has 0 saturated carbocycles. The first kappa shape index (κ1) is 28.8. The number of carbonyl (C=O) groups is 3. The van der Waals surface area contributed by atoms with Gasteiger partial charge in [0.25, 0.3) is 0 Å². The number of hydrogen-bond acceptors (Lipinski definition) is 9. The summed E-state index contributed by atoms with van der Waals surface area (Å²) < 4.78 is 22.6. The molecule has 0 saturated heterocycles. The van der Waals surface area contributed by atoms with Crippen molar-refractivity contribution >= 4 is 46.3 Å². The van der Waals surface area contributed by atoms with Crippen LogP contribution in [0.15, 0.2) is 48.5 Å². The van der Waals surface area contributed by atoms with Gasteiger partial charge in [-0.3, -0.25) is 9.36 Å². The molecule has 3 aromatic rings. The van der Waals surface area contributed by atoms with E-state index in [0.29, 0.717) is 28.7 Å². The zero-order valence-corrected chi connectivity index (χ0v) is 23.7. The average Bonchev–Trinajstić information content (AvgIpc) is 3.26. The number of methoxy groups -OCH3 is 2. The first-order valence-electron chi connectivity index (χ1n) is 12.9. The minimum atomic E-state index is -0.847. The van der Waals surface area contributed by atoms with Gasteiger partial charge in [-0.2, -0.15) is 0 Å². The fourth-order valence-electron chi connectivity index (χ4n) is 4.32. The molecule has 40 heavy (non-hydrogen) atoms. The van der Waals surface area contributed by atoms with Crippen LogP contribution in [0.5, 0.6) is 11.5 Å². The van der Waals surface area contributed by atoms with E-state index in [4.69, 9.17) is 24.7 Å². The molecule has 0 unspecified atom stereocenters. The molecule has 1 atom stereocenters. The number of rotatable bonds is 10. The van der Waals surface area contributed by atoms with Crippen LogP contribution in [-0.4, -0.2) is 49.8 Å². The SMILES string of the molecule is CCCCOC(=O)c1c(N)/c(=C\c2ccc(OC)cc2)c2n1C(=O)[C@H](c1ccc(OC)cc1)SC=2C(=O)OCC. The van der Waals surface area contributed by atoms with Crippen molar-refractivity contribution in [2.75, 3.05) is 33.2 Å². The molecule has 4 rings (SSSR count). The van der Waals surface area contributed by atoms with Crippen molar-refractivity contribution in [3.8, 4) is 11.5 Å². The van der Waals surface area contributed by atoms with Crippen molar-refractivity contribution in [3.63, 3.8) is 0 Å². The van der Waals surface area contributed by atoms with Crippen molar-refractivity contribution in [3.05, 3.63) is 75.9 Å². The number of esters is 2. The minimum absolute atomic E-state index is 0.0402. The maximum atomic E-state index is 14.1. The molecule has 2 N–H and O–H groups in total. The highest BCUT2D eigenvalue weighted by atomic mass is 32.2. The molecule has 2 aromatic carbocycles. The molecule has 0 radical (unpaired) electrons. The second kappa shape index (κ2) is 12.8. The lowest BCUT2D eigenvalue weighted by Crippen LogP contribution is -2.42. The summed E-state index contributed by atoms with van der Waals surface area (Å²) in [6, 6.07) is 14.1. The molecular formula is C30H32N2O7S. The third kappa shape index (κ3) is 5.72. The minimum Gasteiger partial charge on any atom is -0.497 e. The predicted molar refractivity (Wildman–Crippen MR) is 154 cm³/mol. The molecule has 1 aromatic heterocycles. The van der Waals surface area contributed by atoms with E-state index >= 15 is 0 Å². The Morgan fingerprint density at radius 2 is 1.57 bits per heavy atom. The molecule has 0 spiro atoms. The lowest BCUT2D eigenvalue weighted by molar-refractivity contribution is -0.135. The Morgan fingerprint density at radius 1 is 0.950 bits per heavy atom. The molecule has 9 nitrogen and oxygen atoms in total. The third-order valence-corrected chi connectivity index (χ3v) is 7.68. The summed E-state index contributed by atoms with van der Waals surface area (Å²) in [4.78, 5) is 41.0. The van der Waals surface area contributed by atoms with Gasteiger partial charge in [-0.15, -0.1) is 0 Å². The molecule has 10 heteroatoms. The molecule has 1 aliphatic rings. The zero-order valence-electron chi connectivity index (χ0n) is 22.9. The fraction of sp³-hybridized carbons (Fsp3) is 0.300. The second-order valence-corrected chi connectivity index (χ2v) is 10.0.